The highest BCUT2D eigenvalue weighted by molar-refractivity contribution is 6.07. The lowest BCUT2D eigenvalue weighted by atomic mass is 9.82. The number of rotatable bonds is 1. The molecule has 0 aliphatic rings. The van der Waals surface area contributed by atoms with E-state index in [1.807, 2.05) is 39.0 Å². The molecule has 1 aromatic heterocycles. The van der Waals surface area contributed by atoms with Crippen LogP contribution in [0, 0.1) is 5.82 Å². The summed E-state index contributed by atoms with van der Waals surface area (Å²) < 4.78 is 98.9. The molecule has 4 aromatic carbocycles. The van der Waals surface area contributed by atoms with Crippen LogP contribution in [0.15, 0.2) is 60.9 Å². The van der Waals surface area contributed by atoms with E-state index in [9.17, 15) is 26.3 Å². The molecule has 5 aromatic rings. The first-order chi connectivity index (χ1) is 17.2. The van der Waals surface area contributed by atoms with Gasteiger partial charge in [-0.1, -0.05) is 51.1 Å². The summed E-state index contributed by atoms with van der Waals surface area (Å²) in [4.78, 5) is 7.88. The van der Waals surface area contributed by atoms with Gasteiger partial charge in [-0.05, 0) is 51.4 Å². The van der Waals surface area contributed by atoms with Crippen molar-refractivity contribution >= 4 is 32.4 Å². The van der Waals surface area contributed by atoms with Gasteiger partial charge in [0.1, 0.15) is 12.1 Å². The predicted octanol–water partition coefficient (Wildman–Crippen LogP) is 9.08. The van der Waals surface area contributed by atoms with E-state index in [1.54, 1.807) is 18.2 Å². The summed E-state index contributed by atoms with van der Waals surface area (Å²) >= 11 is 0. The van der Waals surface area contributed by atoms with Gasteiger partial charge >= 0.3 is 12.4 Å². The Kier molecular flexibility index (Phi) is 5.47. The van der Waals surface area contributed by atoms with Crippen molar-refractivity contribution in [3.05, 3.63) is 83.4 Å². The van der Waals surface area contributed by atoms with E-state index in [2.05, 4.69) is 9.97 Å². The number of hydrogen-bond acceptors (Lipinski definition) is 2. The predicted molar refractivity (Wildman–Crippen MR) is 129 cm³/mol. The standard InChI is InChI=1S/C28H19F7N2/c1-26(2,3)20-11-15(10-14-6-4-5-7-17(14)20)24-21-23(29)19-12-16(27(30,31)32)8-9-18(19)22(28(33,34)35)25(21)37-13-36-24/h4-13H,1-3H3. The molecule has 0 aliphatic carbocycles. The Morgan fingerprint density at radius 1 is 0.703 bits per heavy atom. The summed E-state index contributed by atoms with van der Waals surface area (Å²) in [7, 11) is 0. The number of benzene rings is 4. The Bertz CT molecular complexity index is 1690. The number of halogens is 7. The number of alkyl halides is 6. The smallest absolute Gasteiger partial charge is 0.236 e. The van der Waals surface area contributed by atoms with Gasteiger partial charge in [-0.2, -0.15) is 26.3 Å². The summed E-state index contributed by atoms with van der Waals surface area (Å²) in [6, 6.07) is 12.3. The van der Waals surface area contributed by atoms with Crippen LogP contribution in [0.4, 0.5) is 30.7 Å². The molecule has 0 bridgehead atoms. The second-order valence-corrected chi connectivity index (χ2v) is 9.89. The highest BCUT2D eigenvalue weighted by Gasteiger charge is 2.39. The van der Waals surface area contributed by atoms with E-state index < -0.39 is 51.0 Å². The van der Waals surface area contributed by atoms with Crippen LogP contribution in [0.1, 0.15) is 37.5 Å². The molecule has 2 nitrogen and oxygen atoms in total. The third kappa shape index (κ3) is 4.16. The van der Waals surface area contributed by atoms with Gasteiger partial charge in [-0.25, -0.2) is 14.4 Å². The van der Waals surface area contributed by atoms with Gasteiger partial charge in [0.05, 0.1) is 27.7 Å². The van der Waals surface area contributed by atoms with E-state index in [0.717, 1.165) is 22.7 Å². The third-order valence-electron chi connectivity index (χ3n) is 6.38. The Hall–Kier alpha value is -3.75. The fourth-order valence-electron chi connectivity index (χ4n) is 4.74. The van der Waals surface area contributed by atoms with E-state index in [4.69, 9.17) is 0 Å². The molecule has 0 spiro atoms. The summed E-state index contributed by atoms with van der Waals surface area (Å²) in [5.41, 5.74) is -2.63. The van der Waals surface area contributed by atoms with Crippen LogP contribution in [0.2, 0.25) is 0 Å². The second kappa shape index (κ2) is 8.13. The van der Waals surface area contributed by atoms with Crippen LogP contribution in [0.25, 0.3) is 43.7 Å². The van der Waals surface area contributed by atoms with Crippen LogP contribution in [0.5, 0.6) is 0 Å². The van der Waals surface area contributed by atoms with Gasteiger partial charge in [0.2, 0.25) is 0 Å². The molecule has 0 saturated heterocycles. The van der Waals surface area contributed by atoms with Gasteiger partial charge in [0, 0.05) is 10.9 Å². The maximum Gasteiger partial charge on any atom is 0.419 e. The van der Waals surface area contributed by atoms with Crippen molar-refractivity contribution in [1.29, 1.82) is 0 Å². The van der Waals surface area contributed by atoms with Crippen molar-refractivity contribution in [2.75, 3.05) is 0 Å². The maximum atomic E-state index is 16.0. The number of hydrogen-bond donors (Lipinski definition) is 0. The molecule has 1 heterocycles. The molecular weight excluding hydrogens is 497 g/mol. The zero-order chi connectivity index (χ0) is 26.9. The first-order valence-corrected chi connectivity index (χ1v) is 11.3. The highest BCUT2D eigenvalue weighted by Crippen LogP contribution is 2.45. The minimum Gasteiger partial charge on any atom is -0.236 e. The zero-order valence-electron chi connectivity index (χ0n) is 19.8. The average molecular weight is 516 g/mol. The molecule has 9 heteroatoms. The van der Waals surface area contributed by atoms with E-state index in [0.29, 0.717) is 23.8 Å². The SMILES string of the molecule is CC(C)(C)c1cc(-c2ncnc3c(C(F)(F)F)c4ccc(C(F)(F)F)cc4c(F)c23)cc2ccccc12. The summed E-state index contributed by atoms with van der Waals surface area (Å²) in [6.45, 7) is 5.89. The van der Waals surface area contributed by atoms with Gasteiger partial charge < -0.3 is 0 Å². The Balaban J connectivity index is 1.96. The fraction of sp³-hybridized carbons (Fsp3) is 0.214. The van der Waals surface area contributed by atoms with Crippen LogP contribution in [-0.4, -0.2) is 9.97 Å². The molecule has 37 heavy (non-hydrogen) atoms. The fourth-order valence-corrected chi connectivity index (χ4v) is 4.74. The second-order valence-electron chi connectivity index (χ2n) is 9.89. The first kappa shape index (κ1) is 24.9. The van der Waals surface area contributed by atoms with Crippen molar-refractivity contribution in [2.45, 2.75) is 38.5 Å². The normalized spacial score (nSPS) is 13.1. The Labute approximate surface area is 206 Å². The lowest BCUT2D eigenvalue weighted by Crippen LogP contribution is -2.12. The number of nitrogens with zero attached hydrogens (tertiary/aromatic N) is 2. The average Bonchev–Trinajstić information content (AvgIpc) is 2.81. The largest absolute Gasteiger partial charge is 0.419 e. The minimum absolute atomic E-state index is 0.136. The molecule has 0 fully saturated rings. The van der Waals surface area contributed by atoms with Crippen LogP contribution < -0.4 is 0 Å². The van der Waals surface area contributed by atoms with Gasteiger partial charge in [0.15, 0.2) is 0 Å². The molecule has 0 unspecified atom stereocenters. The quantitative estimate of drug-likeness (QED) is 0.164. The highest BCUT2D eigenvalue weighted by atomic mass is 19.4. The minimum atomic E-state index is -5.02. The van der Waals surface area contributed by atoms with Gasteiger partial charge in [-0.15, -0.1) is 0 Å². The maximum absolute atomic E-state index is 16.0. The van der Waals surface area contributed by atoms with Crippen LogP contribution in [-0.2, 0) is 17.8 Å². The Morgan fingerprint density at radius 2 is 1.41 bits per heavy atom. The monoisotopic (exact) mass is 516 g/mol. The summed E-state index contributed by atoms with van der Waals surface area (Å²) in [5, 5.41) is -0.425. The van der Waals surface area contributed by atoms with E-state index in [-0.39, 0.29) is 11.1 Å². The van der Waals surface area contributed by atoms with E-state index >= 15 is 4.39 Å². The van der Waals surface area contributed by atoms with Crippen molar-refractivity contribution in [3.8, 4) is 11.3 Å². The molecule has 190 valence electrons. The van der Waals surface area contributed by atoms with Crippen molar-refractivity contribution in [3.63, 3.8) is 0 Å². The van der Waals surface area contributed by atoms with E-state index in [1.165, 1.54) is 0 Å². The van der Waals surface area contributed by atoms with Gasteiger partial charge in [0.25, 0.3) is 0 Å². The Morgan fingerprint density at radius 3 is 2.05 bits per heavy atom. The van der Waals surface area contributed by atoms with Gasteiger partial charge in [-0.3, -0.25) is 0 Å². The molecule has 0 radical (unpaired) electrons. The summed E-state index contributed by atoms with van der Waals surface area (Å²) in [5.74, 6) is -1.25. The van der Waals surface area contributed by atoms with Crippen LogP contribution >= 0.6 is 0 Å². The summed E-state index contributed by atoms with van der Waals surface area (Å²) in [6.07, 6.45) is -8.98. The number of aromatic nitrogens is 2. The topological polar surface area (TPSA) is 25.8 Å². The molecule has 0 atom stereocenters. The van der Waals surface area contributed by atoms with Crippen molar-refractivity contribution in [2.24, 2.45) is 0 Å². The molecule has 0 N–H and O–H groups in total. The number of fused-ring (bicyclic) bond motifs is 3. The molecule has 0 aliphatic heterocycles. The lowest BCUT2D eigenvalue weighted by molar-refractivity contribution is -0.137. The van der Waals surface area contributed by atoms with Crippen molar-refractivity contribution < 1.29 is 30.7 Å². The van der Waals surface area contributed by atoms with Crippen LogP contribution in [0.3, 0.4) is 0 Å². The molecule has 5 rings (SSSR count). The molecule has 0 amide bonds. The lowest BCUT2D eigenvalue weighted by Gasteiger charge is -2.23. The van der Waals surface area contributed by atoms with Crippen molar-refractivity contribution in [1.82, 2.24) is 9.97 Å². The zero-order valence-corrected chi connectivity index (χ0v) is 19.8. The molecular formula is C28H19F7N2. The molecule has 0 saturated carbocycles. The first-order valence-electron chi connectivity index (χ1n) is 11.3. The third-order valence-corrected chi connectivity index (χ3v) is 6.38.